The summed E-state index contributed by atoms with van der Waals surface area (Å²) in [6.07, 6.45) is 0.842. The predicted octanol–water partition coefficient (Wildman–Crippen LogP) is -0.200. The molecule has 1 fully saturated rings. The summed E-state index contributed by atoms with van der Waals surface area (Å²) in [4.78, 5) is 10.7. The van der Waals surface area contributed by atoms with Crippen molar-refractivity contribution in [1.29, 1.82) is 0 Å². The molecule has 1 heterocycles. The minimum absolute atomic E-state index is 0.0613. The van der Waals surface area contributed by atoms with Crippen LogP contribution >= 0.6 is 0 Å². The maximum Gasteiger partial charge on any atom is 0.322 e. The molecule has 4 heteroatoms. The highest BCUT2D eigenvalue weighted by Crippen LogP contribution is 2.05. The average Bonchev–Trinajstić information content (AvgIpc) is 2.03. The van der Waals surface area contributed by atoms with Crippen LogP contribution in [0.4, 0.5) is 0 Å². The Bertz CT molecular complexity index is 172. The van der Waals surface area contributed by atoms with Crippen LogP contribution in [0, 0.1) is 0 Å². The first-order valence-electron chi connectivity index (χ1n) is 4.37. The summed E-state index contributed by atoms with van der Waals surface area (Å²) in [5, 5.41) is 15.1. The zero-order valence-corrected chi connectivity index (χ0v) is 7.50. The van der Waals surface area contributed by atoms with E-state index >= 15 is 0 Å². The fourth-order valence-corrected chi connectivity index (χ4v) is 1.58. The van der Waals surface area contributed by atoms with Crippen LogP contribution in [0.2, 0.25) is 0 Å². The molecule has 0 radical (unpaired) electrons. The van der Waals surface area contributed by atoms with Gasteiger partial charge in [-0.2, -0.15) is 0 Å². The summed E-state index contributed by atoms with van der Waals surface area (Å²) in [7, 11) is 0. The van der Waals surface area contributed by atoms with E-state index in [-0.39, 0.29) is 6.04 Å². The Labute approximate surface area is 72.3 Å². The molecule has 1 aliphatic heterocycles. The number of hydrogen-bond donors (Lipinski definition) is 3. The third-order valence-electron chi connectivity index (χ3n) is 2.25. The van der Waals surface area contributed by atoms with Crippen molar-refractivity contribution in [2.75, 3.05) is 6.54 Å². The summed E-state index contributed by atoms with van der Waals surface area (Å²) in [5.41, 5.74) is 0. The van der Waals surface area contributed by atoms with Crippen LogP contribution in [0.5, 0.6) is 0 Å². The highest BCUT2D eigenvalue weighted by Gasteiger charge is 2.31. The van der Waals surface area contributed by atoms with E-state index in [0.29, 0.717) is 6.04 Å². The molecule has 1 aliphatic rings. The largest absolute Gasteiger partial charge is 0.480 e. The second-order valence-electron chi connectivity index (χ2n) is 3.31. The first-order valence-corrected chi connectivity index (χ1v) is 4.37. The third kappa shape index (κ3) is 1.95. The van der Waals surface area contributed by atoms with Gasteiger partial charge in [0.05, 0.1) is 0 Å². The Morgan fingerprint density at radius 1 is 1.67 bits per heavy atom. The van der Waals surface area contributed by atoms with Gasteiger partial charge in [0.25, 0.3) is 0 Å². The number of carboxylic acids is 1. The standard InChI is InChI=1S/C8H16N2O2/c1-3-6-7(8(11)12)9-4-5(2)10-6/h5-7,9-10H,3-4H2,1-2H3,(H,11,12). The first-order chi connectivity index (χ1) is 5.65. The van der Waals surface area contributed by atoms with Crippen LogP contribution in [0.1, 0.15) is 20.3 Å². The molecule has 70 valence electrons. The van der Waals surface area contributed by atoms with Crippen molar-refractivity contribution in [3.05, 3.63) is 0 Å². The molecule has 3 N–H and O–H groups in total. The lowest BCUT2D eigenvalue weighted by atomic mass is 10.0. The van der Waals surface area contributed by atoms with Crippen molar-refractivity contribution in [2.45, 2.75) is 38.4 Å². The molecule has 1 rings (SSSR count). The summed E-state index contributed by atoms with van der Waals surface area (Å²) in [5.74, 6) is -0.763. The lowest BCUT2D eigenvalue weighted by Crippen LogP contribution is -2.62. The second-order valence-corrected chi connectivity index (χ2v) is 3.31. The van der Waals surface area contributed by atoms with E-state index in [0.717, 1.165) is 13.0 Å². The van der Waals surface area contributed by atoms with Crippen molar-refractivity contribution < 1.29 is 9.90 Å². The predicted molar refractivity (Wildman–Crippen MR) is 46.1 cm³/mol. The molecule has 0 aromatic rings. The summed E-state index contributed by atoms with van der Waals surface area (Å²) >= 11 is 0. The number of rotatable bonds is 2. The molecule has 0 aromatic carbocycles. The molecule has 0 saturated carbocycles. The molecule has 1 saturated heterocycles. The molecular formula is C8H16N2O2. The van der Waals surface area contributed by atoms with E-state index in [1.54, 1.807) is 0 Å². The van der Waals surface area contributed by atoms with E-state index < -0.39 is 12.0 Å². The normalized spacial score (nSPS) is 36.3. The summed E-state index contributed by atoms with van der Waals surface area (Å²) in [6.45, 7) is 4.77. The van der Waals surface area contributed by atoms with Gasteiger partial charge in [0.2, 0.25) is 0 Å². The Morgan fingerprint density at radius 2 is 2.33 bits per heavy atom. The molecule has 0 amide bonds. The summed E-state index contributed by atoms with van der Waals surface area (Å²) < 4.78 is 0. The van der Waals surface area contributed by atoms with Crippen molar-refractivity contribution in [1.82, 2.24) is 10.6 Å². The molecular weight excluding hydrogens is 156 g/mol. The fourth-order valence-electron chi connectivity index (χ4n) is 1.58. The monoisotopic (exact) mass is 172 g/mol. The van der Waals surface area contributed by atoms with Crippen LogP contribution in [0.15, 0.2) is 0 Å². The Kier molecular flexibility index (Phi) is 3.05. The Balaban J connectivity index is 2.56. The fraction of sp³-hybridized carbons (Fsp3) is 0.875. The second kappa shape index (κ2) is 3.87. The molecule has 4 nitrogen and oxygen atoms in total. The Morgan fingerprint density at radius 3 is 2.83 bits per heavy atom. The smallest absolute Gasteiger partial charge is 0.322 e. The minimum atomic E-state index is -0.763. The van der Waals surface area contributed by atoms with Crippen molar-refractivity contribution in [3.63, 3.8) is 0 Å². The van der Waals surface area contributed by atoms with Gasteiger partial charge in [0, 0.05) is 18.6 Å². The average molecular weight is 172 g/mol. The lowest BCUT2D eigenvalue weighted by Gasteiger charge is -2.34. The van der Waals surface area contributed by atoms with Gasteiger partial charge in [0.1, 0.15) is 6.04 Å². The molecule has 0 spiro atoms. The number of aliphatic carboxylic acids is 1. The molecule has 3 unspecified atom stereocenters. The molecule has 3 atom stereocenters. The maximum absolute atomic E-state index is 10.7. The highest BCUT2D eigenvalue weighted by atomic mass is 16.4. The van der Waals surface area contributed by atoms with Crippen molar-refractivity contribution in [3.8, 4) is 0 Å². The van der Waals surface area contributed by atoms with Gasteiger partial charge in [-0.1, -0.05) is 6.92 Å². The van der Waals surface area contributed by atoms with Crippen molar-refractivity contribution in [2.24, 2.45) is 0 Å². The van der Waals surface area contributed by atoms with Gasteiger partial charge in [-0.05, 0) is 13.3 Å². The van der Waals surface area contributed by atoms with E-state index in [4.69, 9.17) is 5.11 Å². The van der Waals surface area contributed by atoms with Crippen molar-refractivity contribution >= 4 is 5.97 Å². The molecule has 0 aromatic heterocycles. The number of hydrogen-bond acceptors (Lipinski definition) is 3. The molecule has 0 bridgehead atoms. The molecule has 12 heavy (non-hydrogen) atoms. The molecule has 0 aliphatic carbocycles. The SMILES string of the molecule is CCC1NC(C)CNC1C(=O)O. The van der Waals surface area contributed by atoms with Gasteiger partial charge in [-0.3, -0.25) is 4.79 Å². The van der Waals surface area contributed by atoms with Gasteiger partial charge in [0.15, 0.2) is 0 Å². The van der Waals surface area contributed by atoms with Gasteiger partial charge >= 0.3 is 5.97 Å². The highest BCUT2D eigenvalue weighted by molar-refractivity contribution is 5.74. The number of nitrogens with one attached hydrogen (secondary N) is 2. The zero-order chi connectivity index (χ0) is 9.14. The van der Waals surface area contributed by atoms with Gasteiger partial charge in [-0.15, -0.1) is 0 Å². The zero-order valence-electron chi connectivity index (χ0n) is 7.50. The van der Waals surface area contributed by atoms with Crippen LogP contribution in [0.25, 0.3) is 0 Å². The number of carboxylic acid groups (broad SMARTS) is 1. The van der Waals surface area contributed by atoms with Crippen LogP contribution in [-0.4, -0.2) is 35.7 Å². The van der Waals surface area contributed by atoms with Gasteiger partial charge in [-0.25, -0.2) is 0 Å². The maximum atomic E-state index is 10.7. The van der Waals surface area contributed by atoms with Crippen LogP contribution in [-0.2, 0) is 4.79 Å². The minimum Gasteiger partial charge on any atom is -0.480 e. The van der Waals surface area contributed by atoms with Crippen LogP contribution in [0.3, 0.4) is 0 Å². The van der Waals surface area contributed by atoms with E-state index in [1.165, 1.54) is 0 Å². The number of carbonyl (C=O) groups is 1. The van der Waals surface area contributed by atoms with E-state index in [1.807, 2.05) is 13.8 Å². The topological polar surface area (TPSA) is 61.4 Å². The Hall–Kier alpha value is -0.610. The third-order valence-corrected chi connectivity index (χ3v) is 2.25. The van der Waals surface area contributed by atoms with E-state index in [2.05, 4.69) is 10.6 Å². The number of piperazine rings is 1. The summed E-state index contributed by atoms with van der Waals surface area (Å²) in [6, 6.07) is 0.00278. The van der Waals surface area contributed by atoms with Gasteiger partial charge < -0.3 is 15.7 Å². The quantitative estimate of drug-likeness (QED) is 0.540. The van der Waals surface area contributed by atoms with E-state index in [9.17, 15) is 4.79 Å². The lowest BCUT2D eigenvalue weighted by molar-refractivity contribution is -0.140. The first kappa shape index (κ1) is 9.48. The van der Waals surface area contributed by atoms with Crippen LogP contribution < -0.4 is 10.6 Å².